The van der Waals surface area contributed by atoms with Crippen LogP contribution >= 0.6 is 0 Å². The molecular formula is C8H16N2O2S. The maximum absolute atomic E-state index is 11.0. The first-order valence-electron chi connectivity index (χ1n) is 4.78. The lowest BCUT2D eigenvalue weighted by Crippen LogP contribution is -2.62. The smallest absolute Gasteiger partial charge is 0.153 e. The molecule has 0 aromatic carbocycles. The van der Waals surface area contributed by atoms with Crippen LogP contribution in [0.4, 0.5) is 0 Å². The molecule has 0 spiro atoms. The van der Waals surface area contributed by atoms with Gasteiger partial charge >= 0.3 is 0 Å². The third-order valence-corrected chi connectivity index (χ3v) is 4.84. The van der Waals surface area contributed by atoms with Gasteiger partial charge in [0.05, 0.1) is 11.5 Å². The fraction of sp³-hybridized carbons (Fsp3) is 1.00. The lowest BCUT2D eigenvalue weighted by atomic mass is 9.97. The van der Waals surface area contributed by atoms with Crippen molar-refractivity contribution in [3.63, 3.8) is 0 Å². The average Bonchev–Trinajstić information content (AvgIpc) is 1.94. The second kappa shape index (κ2) is 3.22. The summed E-state index contributed by atoms with van der Waals surface area (Å²) in [5.74, 6) is 0.738. The maximum Gasteiger partial charge on any atom is 0.153 e. The molecule has 0 aromatic rings. The fourth-order valence-corrected chi connectivity index (χ4v) is 3.63. The van der Waals surface area contributed by atoms with Crippen molar-refractivity contribution in [1.82, 2.24) is 4.90 Å². The third-order valence-electron chi connectivity index (χ3n) is 3.05. The topological polar surface area (TPSA) is 63.4 Å². The number of rotatable bonds is 3. The number of hydrogen-bond donors (Lipinski definition) is 1. The molecule has 0 bridgehead atoms. The molecule has 0 saturated carbocycles. The van der Waals surface area contributed by atoms with Gasteiger partial charge in [0.25, 0.3) is 0 Å². The minimum Gasteiger partial charge on any atom is -0.330 e. The Labute approximate surface area is 79.0 Å². The van der Waals surface area contributed by atoms with Crippen LogP contribution in [0.25, 0.3) is 0 Å². The Morgan fingerprint density at radius 2 is 2.08 bits per heavy atom. The van der Waals surface area contributed by atoms with Crippen LogP contribution in [-0.2, 0) is 9.84 Å². The van der Waals surface area contributed by atoms with Crippen LogP contribution in [0.3, 0.4) is 0 Å². The van der Waals surface area contributed by atoms with Gasteiger partial charge in [0, 0.05) is 18.6 Å². The normalized spacial score (nSPS) is 33.8. The summed E-state index contributed by atoms with van der Waals surface area (Å²) in [6.07, 6.45) is 2.20. The molecule has 76 valence electrons. The van der Waals surface area contributed by atoms with E-state index in [1.165, 1.54) is 6.42 Å². The molecule has 0 radical (unpaired) electrons. The number of hydrogen-bond acceptors (Lipinski definition) is 4. The van der Waals surface area contributed by atoms with Crippen LogP contribution in [0.1, 0.15) is 12.8 Å². The molecule has 2 saturated heterocycles. The Morgan fingerprint density at radius 3 is 2.46 bits per heavy atom. The molecule has 0 aromatic heterocycles. The molecule has 13 heavy (non-hydrogen) atoms. The fourth-order valence-electron chi connectivity index (χ4n) is 2.17. The predicted octanol–water partition coefficient (Wildman–Crippen LogP) is -0.793. The van der Waals surface area contributed by atoms with Gasteiger partial charge in [-0.05, 0) is 19.4 Å². The zero-order chi connectivity index (χ0) is 9.47. The van der Waals surface area contributed by atoms with Gasteiger partial charge in [0.1, 0.15) is 0 Å². The van der Waals surface area contributed by atoms with Crippen LogP contribution in [0.5, 0.6) is 0 Å². The first-order chi connectivity index (χ1) is 6.12. The van der Waals surface area contributed by atoms with E-state index < -0.39 is 9.84 Å². The predicted molar refractivity (Wildman–Crippen MR) is 51.2 cm³/mol. The second-order valence-corrected chi connectivity index (χ2v) is 6.14. The maximum atomic E-state index is 11.0. The highest BCUT2D eigenvalue weighted by atomic mass is 32.2. The van der Waals surface area contributed by atoms with Crippen LogP contribution in [0, 0.1) is 0 Å². The molecule has 0 aliphatic carbocycles. The SMILES string of the molecule is NCCC1CCN1C1CS(=O)(=O)C1. The van der Waals surface area contributed by atoms with Crippen molar-refractivity contribution in [2.24, 2.45) is 5.73 Å². The minimum atomic E-state index is -2.66. The molecule has 2 aliphatic heterocycles. The van der Waals surface area contributed by atoms with Crippen LogP contribution in [-0.4, -0.2) is 50.0 Å². The zero-order valence-electron chi connectivity index (χ0n) is 7.65. The molecule has 4 nitrogen and oxygen atoms in total. The Bertz CT molecular complexity index is 277. The van der Waals surface area contributed by atoms with Crippen molar-refractivity contribution >= 4 is 9.84 Å². The highest BCUT2D eigenvalue weighted by Gasteiger charge is 2.43. The summed E-state index contributed by atoms with van der Waals surface area (Å²) in [5, 5.41) is 0. The largest absolute Gasteiger partial charge is 0.330 e. The van der Waals surface area contributed by atoms with E-state index in [4.69, 9.17) is 5.73 Å². The zero-order valence-corrected chi connectivity index (χ0v) is 8.46. The summed E-state index contributed by atoms with van der Waals surface area (Å²) < 4.78 is 21.9. The van der Waals surface area contributed by atoms with Gasteiger partial charge in [0.2, 0.25) is 0 Å². The van der Waals surface area contributed by atoms with E-state index in [2.05, 4.69) is 4.90 Å². The Balaban J connectivity index is 1.83. The molecule has 0 amide bonds. The van der Waals surface area contributed by atoms with E-state index in [1.54, 1.807) is 0 Å². The van der Waals surface area contributed by atoms with Crippen LogP contribution in [0.15, 0.2) is 0 Å². The molecule has 5 heteroatoms. The lowest BCUT2D eigenvalue weighted by Gasteiger charge is -2.49. The number of likely N-dealkylation sites (tertiary alicyclic amines) is 1. The minimum absolute atomic E-state index is 0.301. The summed E-state index contributed by atoms with van der Waals surface area (Å²) >= 11 is 0. The van der Waals surface area contributed by atoms with Gasteiger partial charge in [-0.15, -0.1) is 0 Å². The monoisotopic (exact) mass is 204 g/mol. The average molecular weight is 204 g/mol. The van der Waals surface area contributed by atoms with E-state index in [0.29, 0.717) is 30.1 Å². The van der Waals surface area contributed by atoms with Gasteiger partial charge in [-0.2, -0.15) is 0 Å². The van der Waals surface area contributed by atoms with Gasteiger partial charge in [-0.25, -0.2) is 8.42 Å². The summed E-state index contributed by atoms with van der Waals surface area (Å²) in [6.45, 7) is 1.77. The Kier molecular flexibility index (Phi) is 2.33. The molecule has 1 unspecified atom stereocenters. The van der Waals surface area contributed by atoms with Crippen LogP contribution < -0.4 is 5.73 Å². The number of nitrogens with zero attached hydrogens (tertiary/aromatic N) is 1. The van der Waals surface area contributed by atoms with Gasteiger partial charge in [-0.1, -0.05) is 0 Å². The van der Waals surface area contributed by atoms with Gasteiger partial charge in [0.15, 0.2) is 9.84 Å². The molecule has 2 fully saturated rings. The molecule has 2 rings (SSSR count). The third kappa shape index (κ3) is 1.73. The number of sulfone groups is 1. The van der Waals surface area contributed by atoms with Crippen molar-refractivity contribution < 1.29 is 8.42 Å². The van der Waals surface area contributed by atoms with E-state index in [-0.39, 0.29) is 0 Å². The van der Waals surface area contributed by atoms with Gasteiger partial charge in [-0.3, -0.25) is 4.90 Å². The van der Waals surface area contributed by atoms with E-state index >= 15 is 0 Å². The highest BCUT2D eigenvalue weighted by molar-refractivity contribution is 7.92. The Hall–Kier alpha value is -0.130. The summed E-state index contributed by atoms with van der Waals surface area (Å²) in [5.41, 5.74) is 5.47. The van der Waals surface area contributed by atoms with Crippen molar-refractivity contribution in [3.8, 4) is 0 Å². The Morgan fingerprint density at radius 1 is 1.38 bits per heavy atom. The van der Waals surface area contributed by atoms with Gasteiger partial charge < -0.3 is 5.73 Å². The number of nitrogens with two attached hydrogens (primary N) is 1. The van der Waals surface area contributed by atoms with Crippen molar-refractivity contribution in [3.05, 3.63) is 0 Å². The molecule has 2 heterocycles. The van der Waals surface area contributed by atoms with Crippen molar-refractivity contribution in [1.29, 1.82) is 0 Å². The molecule has 2 aliphatic rings. The first kappa shape index (κ1) is 9.43. The van der Waals surface area contributed by atoms with E-state index in [0.717, 1.165) is 13.0 Å². The van der Waals surface area contributed by atoms with E-state index in [9.17, 15) is 8.42 Å². The van der Waals surface area contributed by atoms with Crippen LogP contribution in [0.2, 0.25) is 0 Å². The van der Waals surface area contributed by atoms with Crippen molar-refractivity contribution in [2.75, 3.05) is 24.6 Å². The second-order valence-electron chi connectivity index (χ2n) is 3.99. The molecular weight excluding hydrogens is 188 g/mol. The lowest BCUT2D eigenvalue weighted by molar-refractivity contribution is 0.0493. The summed E-state index contributed by atoms with van der Waals surface area (Å²) in [6, 6.07) is 0.862. The quantitative estimate of drug-likeness (QED) is 0.654. The van der Waals surface area contributed by atoms with E-state index in [1.807, 2.05) is 0 Å². The van der Waals surface area contributed by atoms with Crippen molar-refractivity contribution in [2.45, 2.75) is 24.9 Å². The summed E-state index contributed by atoms with van der Waals surface area (Å²) in [4.78, 5) is 2.30. The highest BCUT2D eigenvalue weighted by Crippen LogP contribution is 2.28. The molecule has 1 atom stereocenters. The summed E-state index contributed by atoms with van der Waals surface area (Å²) in [7, 11) is -2.66. The molecule has 2 N–H and O–H groups in total. The standard InChI is InChI=1S/C8H16N2O2S/c9-3-1-7-2-4-10(7)8-5-13(11,12)6-8/h7-8H,1-6,9H2. The first-order valence-corrected chi connectivity index (χ1v) is 6.61.